The van der Waals surface area contributed by atoms with E-state index in [9.17, 15) is 4.79 Å². The van der Waals surface area contributed by atoms with Gasteiger partial charge in [-0.1, -0.05) is 159 Å². The number of hydrogen-bond donors (Lipinski definition) is 0. The first-order valence-electron chi connectivity index (χ1n) is 16.1. The first kappa shape index (κ1) is 30.4. The molecule has 0 saturated carbocycles. The van der Waals surface area contributed by atoms with Gasteiger partial charge in [-0.15, -0.1) is 0 Å². The Hall–Kier alpha value is -6.25. The van der Waals surface area contributed by atoms with Gasteiger partial charge in [-0.3, -0.25) is 4.79 Å². The van der Waals surface area contributed by atoms with Crippen molar-refractivity contribution < 1.29 is 4.79 Å². The molecule has 0 fully saturated rings. The van der Waals surface area contributed by atoms with Crippen LogP contribution in [-0.2, 0) is 0 Å². The summed E-state index contributed by atoms with van der Waals surface area (Å²) in [5.74, 6) is 0. The zero-order valence-electron chi connectivity index (χ0n) is 26.9. The molecule has 0 aliphatic carbocycles. The number of aldehydes is 1. The Kier molecular flexibility index (Phi) is 8.38. The summed E-state index contributed by atoms with van der Waals surface area (Å²) in [5, 5.41) is 2.33. The van der Waals surface area contributed by atoms with Gasteiger partial charge in [0.05, 0.1) is 0 Å². The van der Waals surface area contributed by atoms with Crippen molar-refractivity contribution in [1.29, 1.82) is 0 Å². The summed E-state index contributed by atoms with van der Waals surface area (Å²) in [6, 6.07) is 52.5. The topological polar surface area (TPSA) is 20.3 Å². The third-order valence-corrected chi connectivity index (χ3v) is 9.17. The predicted molar refractivity (Wildman–Crippen MR) is 206 cm³/mol. The standard InChI is InChI=1S/C46H35NO/c1-4-38-39(5-2)46(43-21-12-11-20-42(43)45(38)34-25-23-33(24-26-34)32-15-7-6-8-16-32)35-27-29-37(30-28-35)47(3)44-22-14-13-19-41(44)40-18-10-9-17-36(40)31-48/h4-31H,1-2H2,3H3. The summed E-state index contributed by atoms with van der Waals surface area (Å²) in [7, 11) is 2.07. The number of hydrogen-bond acceptors (Lipinski definition) is 2. The van der Waals surface area contributed by atoms with Gasteiger partial charge < -0.3 is 4.90 Å². The molecule has 0 N–H and O–H groups in total. The molecule has 2 nitrogen and oxygen atoms in total. The number of carbonyl (C=O) groups is 1. The molecule has 0 atom stereocenters. The van der Waals surface area contributed by atoms with E-state index < -0.39 is 0 Å². The Morgan fingerprint density at radius 3 is 1.52 bits per heavy atom. The number of fused-ring (bicyclic) bond motifs is 1. The number of nitrogens with zero attached hydrogens (tertiary/aromatic N) is 1. The summed E-state index contributed by atoms with van der Waals surface area (Å²) < 4.78 is 0. The molecule has 0 aromatic heterocycles. The van der Waals surface area contributed by atoms with Crippen molar-refractivity contribution in [3.63, 3.8) is 0 Å². The zero-order chi connectivity index (χ0) is 33.0. The maximum Gasteiger partial charge on any atom is 0.150 e. The predicted octanol–water partition coefficient (Wildman–Crippen LogP) is 12.4. The average Bonchev–Trinajstić information content (AvgIpc) is 3.17. The van der Waals surface area contributed by atoms with E-state index in [1.165, 1.54) is 16.5 Å². The third kappa shape index (κ3) is 5.44. The molecular weight excluding hydrogens is 583 g/mol. The Balaban J connectivity index is 1.32. The van der Waals surface area contributed by atoms with Crippen LogP contribution in [0.2, 0.25) is 0 Å². The van der Waals surface area contributed by atoms with Crippen molar-refractivity contribution in [2.24, 2.45) is 0 Å². The van der Waals surface area contributed by atoms with Gasteiger partial charge in [0, 0.05) is 29.5 Å². The highest BCUT2D eigenvalue weighted by Gasteiger charge is 2.19. The van der Waals surface area contributed by atoms with E-state index in [1.54, 1.807) is 0 Å². The molecule has 0 aliphatic heterocycles. The van der Waals surface area contributed by atoms with Crippen molar-refractivity contribution >= 4 is 40.6 Å². The molecule has 0 amide bonds. The van der Waals surface area contributed by atoms with E-state index in [1.807, 2.05) is 54.6 Å². The van der Waals surface area contributed by atoms with Gasteiger partial charge in [-0.05, 0) is 79.0 Å². The maximum atomic E-state index is 11.9. The maximum absolute atomic E-state index is 11.9. The van der Waals surface area contributed by atoms with Crippen LogP contribution in [0.1, 0.15) is 21.5 Å². The van der Waals surface area contributed by atoms with Gasteiger partial charge in [0.25, 0.3) is 0 Å². The minimum atomic E-state index is 0.672. The van der Waals surface area contributed by atoms with Crippen LogP contribution >= 0.6 is 0 Å². The molecule has 7 aromatic carbocycles. The molecule has 7 rings (SSSR count). The van der Waals surface area contributed by atoms with E-state index in [2.05, 4.69) is 134 Å². The molecule has 0 saturated heterocycles. The van der Waals surface area contributed by atoms with Crippen molar-refractivity contribution in [1.82, 2.24) is 0 Å². The second-order valence-electron chi connectivity index (χ2n) is 11.8. The fourth-order valence-electron chi connectivity index (χ4n) is 6.81. The van der Waals surface area contributed by atoms with Gasteiger partial charge in [0.2, 0.25) is 0 Å². The highest BCUT2D eigenvalue weighted by Crippen LogP contribution is 2.44. The number of benzene rings is 7. The van der Waals surface area contributed by atoms with Crippen LogP contribution in [0.15, 0.2) is 165 Å². The SMILES string of the molecule is C=Cc1c(C=C)c(-c2ccc(N(C)c3ccccc3-c3ccccc3C=O)cc2)c2ccccc2c1-c1ccc(-c2ccccc2)cc1. The van der Waals surface area contributed by atoms with Gasteiger partial charge in [-0.25, -0.2) is 0 Å². The summed E-state index contributed by atoms with van der Waals surface area (Å²) in [4.78, 5) is 14.0. The van der Waals surface area contributed by atoms with E-state index in [-0.39, 0.29) is 0 Å². The molecular formula is C46H35NO. The van der Waals surface area contributed by atoms with Crippen LogP contribution in [-0.4, -0.2) is 13.3 Å². The van der Waals surface area contributed by atoms with Gasteiger partial charge in [0.1, 0.15) is 0 Å². The Morgan fingerprint density at radius 2 is 0.938 bits per heavy atom. The Labute approximate surface area is 282 Å². The summed E-state index contributed by atoms with van der Waals surface area (Å²) in [6.07, 6.45) is 4.84. The first-order chi connectivity index (χ1) is 23.6. The quantitative estimate of drug-likeness (QED) is 0.150. The smallest absolute Gasteiger partial charge is 0.150 e. The molecule has 0 heterocycles. The van der Waals surface area contributed by atoms with Crippen LogP contribution in [0.5, 0.6) is 0 Å². The number of anilines is 2. The van der Waals surface area contributed by atoms with E-state index in [0.717, 1.165) is 67.6 Å². The van der Waals surface area contributed by atoms with Crippen molar-refractivity contribution in [2.75, 3.05) is 11.9 Å². The lowest BCUT2D eigenvalue weighted by molar-refractivity contribution is 0.112. The fraction of sp³-hybridized carbons (Fsp3) is 0.0217. The summed E-state index contributed by atoms with van der Waals surface area (Å²) >= 11 is 0. The molecule has 0 spiro atoms. The normalized spacial score (nSPS) is 10.9. The van der Waals surface area contributed by atoms with Crippen LogP contribution in [0.25, 0.3) is 67.4 Å². The minimum absolute atomic E-state index is 0.672. The fourth-order valence-corrected chi connectivity index (χ4v) is 6.81. The molecule has 0 radical (unpaired) electrons. The number of carbonyl (C=O) groups excluding carboxylic acids is 1. The molecule has 0 aliphatic rings. The highest BCUT2D eigenvalue weighted by molar-refractivity contribution is 6.11. The molecule has 0 unspecified atom stereocenters. The lowest BCUT2D eigenvalue weighted by Gasteiger charge is -2.24. The Morgan fingerprint density at radius 1 is 0.479 bits per heavy atom. The van der Waals surface area contributed by atoms with Crippen LogP contribution in [0.4, 0.5) is 11.4 Å². The van der Waals surface area contributed by atoms with Crippen molar-refractivity contribution in [3.8, 4) is 44.5 Å². The average molecular weight is 618 g/mol. The van der Waals surface area contributed by atoms with E-state index >= 15 is 0 Å². The minimum Gasteiger partial charge on any atom is -0.344 e. The van der Waals surface area contributed by atoms with Crippen molar-refractivity contribution in [2.45, 2.75) is 0 Å². The van der Waals surface area contributed by atoms with Gasteiger partial charge >= 0.3 is 0 Å². The lowest BCUT2D eigenvalue weighted by Crippen LogP contribution is -2.10. The molecule has 7 aromatic rings. The molecule has 230 valence electrons. The first-order valence-corrected chi connectivity index (χ1v) is 16.1. The molecule has 0 bridgehead atoms. The second-order valence-corrected chi connectivity index (χ2v) is 11.8. The highest BCUT2D eigenvalue weighted by atomic mass is 16.1. The van der Waals surface area contributed by atoms with E-state index in [0.29, 0.717) is 5.56 Å². The van der Waals surface area contributed by atoms with Crippen LogP contribution in [0, 0.1) is 0 Å². The molecule has 2 heteroatoms. The monoisotopic (exact) mass is 617 g/mol. The summed E-state index contributed by atoms with van der Waals surface area (Å²) in [6.45, 7) is 8.55. The Bertz CT molecular complexity index is 2280. The largest absolute Gasteiger partial charge is 0.344 e. The van der Waals surface area contributed by atoms with Crippen LogP contribution < -0.4 is 4.90 Å². The summed E-state index contributed by atoms with van der Waals surface area (Å²) in [5.41, 5.74) is 13.7. The van der Waals surface area contributed by atoms with Gasteiger partial charge in [0.15, 0.2) is 6.29 Å². The van der Waals surface area contributed by atoms with Gasteiger partial charge in [-0.2, -0.15) is 0 Å². The zero-order valence-corrected chi connectivity index (χ0v) is 26.9. The third-order valence-electron chi connectivity index (χ3n) is 9.17. The van der Waals surface area contributed by atoms with E-state index in [4.69, 9.17) is 0 Å². The van der Waals surface area contributed by atoms with Crippen LogP contribution in [0.3, 0.4) is 0 Å². The molecule has 48 heavy (non-hydrogen) atoms. The second kappa shape index (κ2) is 13.2. The number of para-hydroxylation sites is 1. The van der Waals surface area contributed by atoms with Crippen molar-refractivity contribution in [3.05, 3.63) is 182 Å². The number of rotatable bonds is 9. The lowest BCUT2D eigenvalue weighted by atomic mass is 9.83.